The van der Waals surface area contributed by atoms with Crippen LogP contribution in [0.2, 0.25) is 0 Å². The number of rotatable bonds is 8. The first-order chi connectivity index (χ1) is 50.2. The van der Waals surface area contributed by atoms with Crippen LogP contribution in [0.25, 0.3) is 107 Å². The van der Waals surface area contributed by atoms with Crippen LogP contribution in [0.1, 0.15) is 25.0 Å². The van der Waals surface area contributed by atoms with E-state index in [9.17, 15) is 0 Å². The summed E-state index contributed by atoms with van der Waals surface area (Å²) >= 11 is 3.71. The molecule has 14 aromatic carbocycles. The molecule has 3 aromatic heterocycles. The van der Waals surface area contributed by atoms with Crippen LogP contribution in [-0.4, -0.2) is 33.1 Å². The molecule has 102 heavy (non-hydrogen) atoms. The second-order valence-corrected chi connectivity index (χ2v) is 30.1. The molecular formula is C91H60BN3O5S2. The topological polar surface area (TPSA) is 59.8 Å². The van der Waals surface area contributed by atoms with E-state index in [1.54, 1.807) is 0 Å². The summed E-state index contributed by atoms with van der Waals surface area (Å²) in [5.74, 6) is 3.71. The number of para-hydroxylation sites is 1. The number of anilines is 9. The minimum atomic E-state index is -0.283. The summed E-state index contributed by atoms with van der Waals surface area (Å²) in [6, 6.07) is 104. The molecular weight excluding hydrogens is 1290 g/mol. The first-order valence-corrected chi connectivity index (χ1v) is 36.6. The summed E-state index contributed by atoms with van der Waals surface area (Å²) in [5, 5.41) is 8.41. The summed E-state index contributed by atoms with van der Waals surface area (Å²) in [6.45, 7) is 6.30. The van der Waals surface area contributed by atoms with Gasteiger partial charge in [0.25, 0.3) is 6.71 Å². The van der Waals surface area contributed by atoms with Crippen LogP contribution in [0.15, 0.2) is 283 Å². The van der Waals surface area contributed by atoms with Crippen molar-refractivity contribution in [2.24, 2.45) is 0 Å². The Bertz CT molecular complexity index is 6430. The summed E-state index contributed by atoms with van der Waals surface area (Å²) < 4.78 is 37.6. The normalized spacial score (nSPS) is 14.4. The molecule has 4 aliphatic heterocycles. The molecule has 0 amide bonds. The fourth-order valence-electron chi connectivity index (χ4n) is 17.1. The summed E-state index contributed by atoms with van der Waals surface area (Å²) in [6.07, 6.45) is 0. The van der Waals surface area contributed by atoms with Gasteiger partial charge in [-0.05, 0) is 187 Å². The van der Waals surface area contributed by atoms with Gasteiger partial charge in [-0.1, -0.05) is 166 Å². The van der Waals surface area contributed by atoms with E-state index in [1.807, 2.05) is 34.8 Å². The molecule has 484 valence electrons. The van der Waals surface area contributed by atoms with Gasteiger partial charge < -0.3 is 38.1 Å². The first-order valence-electron chi connectivity index (χ1n) is 35.0. The Morgan fingerprint density at radius 2 is 0.931 bits per heavy atom. The predicted octanol–water partition coefficient (Wildman–Crippen LogP) is 22.7. The largest absolute Gasteiger partial charge is 0.486 e. The molecule has 8 nitrogen and oxygen atoms in total. The summed E-state index contributed by atoms with van der Waals surface area (Å²) in [7, 11) is 0. The average Bonchev–Trinajstić information content (AvgIpc) is 0.925. The maximum atomic E-state index is 6.63. The van der Waals surface area contributed by atoms with Crippen LogP contribution < -0.4 is 50.0 Å². The number of hydrogen-bond donors (Lipinski definition) is 0. The summed E-state index contributed by atoms with van der Waals surface area (Å²) in [5.41, 5.74) is 23.9. The lowest BCUT2D eigenvalue weighted by Gasteiger charge is -2.45. The quantitative estimate of drug-likeness (QED) is 0.140. The lowest BCUT2D eigenvalue weighted by Crippen LogP contribution is -2.61. The predicted molar refractivity (Wildman–Crippen MR) is 424 cm³/mol. The molecule has 0 bridgehead atoms. The van der Waals surface area contributed by atoms with E-state index < -0.39 is 0 Å². The molecule has 22 rings (SSSR count). The maximum Gasteiger partial charge on any atom is 0.252 e. The Morgan fingerprint density at radius 1 is 0.353 bits per heavy atom. The SMILES string of the molecule is CC1(C)c2ccccc2-c2ccc(N(c3cc4c5c(c3)N(c3ccc6c(c3)OCCO6)c3cc6c(cc3B5c3ccc(-c5ccc7c(c5)sc5ccccc57)cc3N4c3cccc(-c4ccc5c(c4)sc4ccccc45)c3)OCCO6)c3ccc4cc(-c5cc6ccccc6o5)ccc4c3)cc21. The average molecular weight is 1350 g/mol. The van der Waals surface area contributed by atoms with Gasteiger partial charge in [-0.15, -0.1) is 22.7 Å². The fraction of sp³-hybridized carbons (Fsp3) is 0.0769. The molecule has 17 aromatic rings. The summed E-state index contributed by atoms with van der Waals surface area (Å²) in [4.78, 5) is 7.52. The highest BCUT2D eigenvalue weighted by molar-refractivity contribution is 7.26. The second-order valence-electron chi connectivity index (χ2n) is 28.0. The molecule has 0 fully saturated rings. The fourth-order valence-corrected chi connectivity index (χ4v) is 19.4. The lowest BCUT2D eigenvalue weighted by molar-refractivity contribution is 0.171. The van der Waals surface area contributed by atoms with Gasteiger partial charge in [-0.3, -0.25) is 0 Å². The van der Waals surface area contributed by atoms with E-state index in [-0.39, 0.29) is 12.1 Å². The number of furan rings is 1. The Balaban J connectivity index is 0.823. The van der Waals surface area contributed by atoms with Gasteiger partial charge in [0, 0.05) is 109 Å². The van der Waals surface area contributed by atoms with Crippen molar-refractivity contribution >= 4 is 159 Å². The van der Waals surface area contributed by atoms with Crippen LogP contribution >= 0.6 is 22.7 Å². The van der Waals surface area contributed by atoms with Gasteiger partial charge in [0.15, 0.2) is 23.0 Å². The van der Waals surface area contributed by atoms with Crippen LogP contribution in [0.5, 0.6) is 23.0 Å². The molecule has 1 aliphatic carbocycles. The molecule has 0 unspecified atom stereocenters. The van der Waals surface area contributed by atoms with Gasteiger partial charge in [-0.25, -0.2) is 0 Å². The standard InChI is InChI=1S/C91H60BN3O5S2/c1-91(2)72-18-7-4-15-66(72)67-33-29-63(47-73(67)91)93(62-28-24-54-40-60(23-22-55(54)42-62)82-44-59-12-3-8-19-80(59)100-82)65-48-78-90-79(49-65)95(64-30-35-81-83(50-64)97-37-36-96-81)77-52-85-84(98-38-39-99-85)51-75(77)92(90)74-34-27-56(58-26-32-71-69-17-6-10-21-87(69)102-89(71)46-58)43-76(74)94(78)61-14-11-13-53(41-61)57-25-31-70-68-16-5-9-20-86(68)101-88(70)45-57/h3-35,40-52H,36-39H2,1-2H3. The lowest BCUT2D eigenvalue weighted by atomic mass is 9.33. The molecule has 0 spiro atoms. The van der Waals surface area contributed by atoms with Crippen LogP contribution in [-0.2, 0) is 5.41 Å². The third-order valence-corrected chi connectivity index (χ3v) is 24.2. The van der Waals surface area contributed by atoms with Crippen molar-refractivity contribution in [2.75, 3.05) is 41.1 Å². The van der Waals surface area contributed by atoms with Crippen LogP contribution in [0.4, 0.5) is 51.2 Å². The van der Waals surface area contributed by atoms with E-state index in [2.05, 4.69) is 295 Å². The Labute approximate surface area is 596 Å². The molecule has 5 aliphatic rings. The second kappa shape index (κ2) is 22.0. The van der Waals surface area contributed by atoms with Gasteiger partial charge in [0.1, 0.15) is 37.8 Å². The molecule has 0 radical (unpaired) electrons. The van der Waals surface area contributed by atoms with E-state index >= 15 is 0 Å². The number of benzene rings is 14. The molecule has 11 heteroatoms. The number of nitrogens with zero attached hydrogens (tertiary/aromatic N) is 3. The molecule has 0 atom stereocenters. The van der Waals surface area contributed by atoms with Gasteiger partial charge in [-0.2, -0.15) is 0 Å². The molecule has 0 N–H and O–H groups in total. The highest BCUT2D eigenvalue weighted by atomic mass is 32.1. The molecule has 0 saturated carbocycles. The zero-order valence-electron chi connectivity index (χ0n) is 55.7. The van der Waals surface area contributed by atoms with Crippen molar-refractivity contribution in [1.29, 1.82) is 0 Å². The molecule has 7 heterocycles. The molecule has 0 saturated heterocycles. The highest BCUT2D eigenvalue weighted by Crippen LogP contribution is 2.55. The van der Waals surface area contributed by atoms with Crippen LogP contribution in [0.3, 0.4) is 0 Å². The third-order valence-electron chi connectivity index (χ3n) is 21.9. The van der Waals surface area contributed by atoms with E-state index in [0.29, 0.717) is 37.9 Å². The Kier molecular flexibility index (Phi) is 12.5. The van der Waals surface area contributed by atoms with Gasteiger partial charge >= 0.3 is 0 Å². The minimum absolute atomic E-state index is 0.276. The highest BCUT2D eigenvalue weighted by Gasteiger charge is 2.46. The Hall–Kier alpha value is -12.0. The van der Waals surface area contributed by atoms with Crippen molar-refractivity contribution in [3.63, 3.8) is 0 Å². The van der Waals surface area contributed by atoms with Crippen molar-refractivity contribution < 1.29 is 23.4 Å². The third kappa shape index (κ3) is 8.80. The maximum absolute atomic E-state index is 6.63. The van der Waals surface area contributed by atoms with E-state index in [4.69, 9.17) is 23.4 Å². The van der Waals surface area contributed by atoms with E-state index in [0.717, 1.165) is 129 Å². The van der Waals surface area contributed by atoms with Gasteiger partial charge in [0.2, 0.25) is 0 Å². The zero-order valence-corrected chi connectivity index (χ0v) is 57.3. The minimum Gasteiger partial charge on any atom is -0.486 e. The smallest absolute Gasteiger partial charge is 0.252 e. The van der Waals surface area contributed by atoms with E-state index in [1.165, 1.54) is 68.1 Å². The number of hydrogen-bond acceptors (Lipinski definition) is 10. The van der Waals surface area contributed by atoms with Crippen molar-refractivity contribution in [3.8, 4) is 67.7 Å². The zero-order chi connectivity index (χ0) is 67.1. The number of ether oxygens (including phenoxy) is 4. The van der Waals surface area contributed by atoms with Crippen molar-refractivity contribution in [2.45, 2.75) is 19.3 Å². The van der Waals surface area contributed by atoms with Crippen LogP contribution in [0, 0.1) is 0 Å². The van der Waals surface area contributed by atoms with Crippen molar-refractivity contribution in [3.05, 3.63) is 290 Å². The Morgan fingerprint density at radius 3 is 1.70 bits per heavy atom. The van der Waals surface area contributed by atoms with Crippen molar-refractivity contribution in [1.82, 2.24) is 0 Å². The first kappa shape index (κ1) is 57.8. The number of thiophene rings is 2. The monoisotopic (exact) mass is 1350 g/mol. The number of fused-ring (bicyclic) bond motifs is 17. The van der Waals surface area contributed by atoms with Gasteiger partial charge in [0.05, 0.1) is 11.4 Å².